The number of ketones is 1. The average molecular weight is 373 g/mol. The molecule has 3 rings (SSSR count). The van der Waals surface area contributed by atoms with Gasteiger partial charge in [-0.1, -0.05) is 0 Å². The fourth-order valence-corrected chi connectivity index (χ4v) is 3.41. The Hall–Kier alpha value is -2.41. The number of rotatable bonds is 9. The van der Waals surface area contributed by atoms with Crippen molar-refractivity contribution < 1.29 is 19.1 Å². The molecule has 7 nitrogen and oxygen atoms in total. The summed E-state index contributed by atoms with van der Waals surface area (Å²) in [5.41, 5.74) is 0.970. The van der Waals surface area contributed by atoms with E-state index in [1.807, 2.05) is 0 Å². The number of nitrogens with one attached hydrogen (secondary N) is 2. The fourth-order valence-electron chi connectivity index (χ4n) is 3.41. The molecule has 1 saturated heterocycles. The summed E-state index contributed by atoms with van der Waals surface area (Å²) in [7, 11) is 0. The maximum atomic E-state index is 12.3. The topological polar surface area (TPSA) is 87.7 Å². The van der Waals surface area contributed by atoms with Gasteiger partial charge in [0.25, 0.3) is 5.91 Å². The highest BCUT2D eigenvalue weighted by Gasteiger charge is 2.18. The minimum absolute atomic E-state index is 0.0154. The molecule has 0 spiro atoms. The van der Waals surface area contributed by atoms with Gasteiger partial charge in [0.05, 0.1) is 5.69 Å². The molecule has 0 bridgehead atoms. The van der Waals surface area contributed by atoms with Crippen LogP contribution in [0.3, 0.4) is 0 Å². The molecule has 7 heteroatoms. The van der Waals surface area contributed by atoms with E-state index in [4.69, 9.17) is 4.74 Å². The predicted octanol–water partition coefficient (Wildman–Crippen LogP) is 1.97. The van der Waals surface area contributed by atoms with Crippen molar-refractivity contribution in [2.75, 3.05) is 38.1 Å². The van der Waals surface area contributed by atoms with Crippen LogP contribution in [0.25, 0.3) is 0 Å². The summed E-state index contributed by atoms with van der Waals surface area (Å²) in [4.78, 5) is 38.1. The number of anilines is 1. The van der Waals surface area contributed by atoms with Crippen LogP contribution >= 0.6 is 0 Å². The summed E-state index contributed by atoms with van der Waals surface area (Å²) < 4.78 is 5.27. The van der Waals surface area contributed by atoms with Gasteiger partial charge in [-0.05, 0) is 63.5 Å². The lowest BCUT2D eigenvalue weighted by molar-refractivity contribution is -0.121. The third-order valence-electron chi connectivity index (χ3n) is 4.94. The van der Waals surface area contributed by atoms with Crippen LogP contribution in [0.4, 0.5) is 5.69 Å². The van der Waals surface area contributed by atoms with Crippen LogP contribution in [-0.2, 0) is 9.59 Å². The molecule has 0 saturated carbocycles. The van der Waals surface area contributed by atoms with Crippen LogP contribution in [0.15, 0.2) is 18.2 Å². The summed E-state index contributed by atoms with van der Waals surface area (Å²) in [6.45, 7) is 4.15. The molecule has 146 valence electrons. The first-order chi connectivity index (χ1) is 13.1. The Morgan fingerprint density at radius 2 is 1.96 bits per heavy atom. The number of Topliss-reactive ketones (excluding diaryl/α,β-unsaturated/α-hetero) is 1. The first-order valence-electron chi connectivity index (χ1n) is 9.71. The normalized spacial score (nSPS) is 16.4. The maximum absolute atomic E-state index is 12.3. The van der Waals surface area contributed by atoms with Crippen LogP contribution in [0.1, 0.15) is 48.9 Å². The van der Waals surface area contributed by atoms with Crippen molar-refractivity contribution in [1.29, 1.82) is 0 Å². The van der Waals surface area contributed by atoms with Gasteiger partial charge in [0, 0.05) is 24.9 Å². The molecule has 2 amide bonds. The van der Waals surface area contributed by atoms with Gasteiger partial charge >= 0.3 is 0 Å². The number of benzene rings is 1. The first kappa shape index (κ1) is 19.4. The summed E-state index contributed by atoms with van der Waals surface area (Å²) in [6, 6.07) is 4.93. The van der Waals surface area contributed by atoms with Crippen molar-refractivity contribution in [3.63, 3.8) is 0 Å². The van der Waals surface area contributed by atoms with E-state index >= 15 is 0 Å². The second kappa shape index (κ2) is 9.50. The van der Waals surface area contributed by atoms with Gasteiger partial charge in [-0.15, -0.1) is 0 Å². The van der Waals surface area contributed by atoms with Gasteiger partial charge in [0.1, 0.15) is 5.75 Å². The second-order valence-corrected chi connectivity index (χ2v) is 7.08. The molecule has 27 heavy (non-hydrogen) atoms. The van der Waals surface area contributed by atoms with Gasteiger partial charge in [-0.25, -0.2) is 0 Å². The van der Waals surface area contributed by atoms with E-state index in [1.165, 1.54) is 25.9 Å². The molecule has 2 heterocycles. The third kappa shape index (κ3) is 5.79. The predicted molar refractivity (Wildman–Crippen MR) is 102 cm³/mol. The number of likely N-dealkylation sites (tertiary alicyclic amines) is 1. The second-order valence-electron chi connectivity index (χ2n) is 7.08. The zero-order chi connectivity index (χ0) is 19.1. The summed E-state index contributed by atoms with van der Waals surface area (Å²) in [5, 5.41) is 5.57. The Balaban J connectivity index is 1.34. The highest BCUT2D eigenvalue weighted by atomic mass is 16.5. The SMILES string of the molecule is O=C(CCC(=O)c1ccc2c(c1)NC(=O)CO2)NCCCCN1CCCC1. The molecule has 1 aromatic carbocycles. The number of fused-ring (bicyclic) bond motifs is 1. The minimum atomic E-state index is -0.240. The van der Waals surface area contributed by atoms with E-state index < -0.39 is 0 Å². The van der Waals surface area contributed by atoms with Crippen LogP contribution in [0, 0.1) is 0 Å². The molecule has 0 radical (unpaired) electrons. The molecule has 0 unspecified atom stereocenters. The van der Waals surface area contributed by atoms with E-state index in [0.717, 1.165) is 19.4 Å². The van der Waals surface area contributed by atoms with Gasteiger partial charge in [-0.2, -0.15) is 0 Å². The van der Waals surface area contributed by atoms with Crippen molar-refractivity contribution in [3.8, 4) is 5.75 Å². The molecule has 0 aliphatic carbocycles. The molecule has 2 aliphatic heterocycles. The summed E-state index contributed by atoms with van der Waals surface area (Å²) in [6.07, 6.45) is 4.96. The van der Waals surface area contributed by atoms with Gasteiger partial charge in [-0.3, -0.25) is 14.4 Å². The van der Waals surface area contributed by atoms with Gasteiger partial charge in [0.2, 0.25) is 5.91 Å². The van der Waals surface area contributed by atoms with Crippen molar-refractivity contribution in [2.45, 2.75) is 38.5 Å². The van der Waals surface area contributed by atoms with E-state index in [9.17, 15) is 14.4 Å². The van der Waals surface area contributed by atoms with E-state index in [1.54, 1.807) is 18.2 Å². The number of ether oxygens (including phenoxy) is 1. The molecule has 2 aliphatic rings. The smallest absolute Gasteiger partial charge is 0.262 e. The van der Waals surface area contributed by atoms with E-state index in [2.05, 4.69) is 15.5 Å². The zero-order valence-corrected chi connectivity index (χ0v) is 15.6. The van der Waals surface area contributed by atoms with E-state index in [-0.39, 0.29) is 37.0 Å². The molecule has 0 aromatic heterocycles. The van der Waals surface area contributed by atoms with Crippen molar-refractivity contribution in [3.05, 3.63) is 23.8 Å². The molecular formula is C20H27N3O4. The van der Waals surface area contributed by atoms with Crippen LogP contribution in [0.5, 0.6) is 5.75 Å². The lowest BCUT2D eigenvalue weighted by Crippen LogP contribution is -2.26. The summed E-state index contributed by atoms with van der Waals surface area (Å²) in [5.74, 6) is 0.0926. The quantitative estimate of drug-likeness (QED) is 0.510. The Labute approximate surface area is 159 Å². The van der Waals surface area contributed by atoms with Gasteiger partial charge < -0.3 is 20.3 Å². The Morgan fingerprint density at radius 1 is 1.15 bits per heavy atom. The van der Waals surface area contributed by atoms with Crippen LogP contribution < -0.4 is 15.4 Å². The number of unbranched alkanes of at least 4 members (excludes halogenated alkanes) is 1. The Kier molecular flexibility index (Phi) is 6.81. The number of hydrogen-bond donors (Lipinski definition) is 2. The standard InChI is InChI=1S/C20H27N3O4/c24-17(15-5-7-18-16(13-15)22-20(26)14-27-18)6-8-19(25)21-9-1-2-10-23-11-3-4-12-23/h5,7,13H,1-4,6,8-12,14H2,(H,21,25)(H,22,26). The first-order valence-corrected chi connectivity index (χ1v) is 9.71. The monoisotopic (exact) mass is 373 g/mol. The van der Waals surface area contributed by atoms with Crippen LogP contribution in [0.2, 0.25) is 0 Å². The summed E-state index contributed by atoms with van der Waals surface area (Å²) >= 11 is 0. The molecule has 0 atom stereocenters. The number of amides is 2. The maximum Gasteiger partial charge on any atom is 0.262 e. The molecule has 1 fully saturated rings. The minimum Gasteiger partial charge on any atom is -0.482 e. The number of hydrogen-bond acceptors (Lipinski definition) is 5. The number of carbonyl (C=O) groups excluding carboxylic acids is 3. The van der Waals surface area contributed by atoms with E-state index in [0.29, 0.717) is 23.5 Å². The molecule has 2 N–H and O–H groups in total. The molecule has 1 aromatic rings. The Morgan fingerprint density at radius 3 is 2.78 bits per heavy atom. The van der Waals surface area contributed by atoms with Gasteiger partial charge in [0.15, 0.2) is 12.4 Å². The van der Waals surface area contributed by atoms with Crippen molar-refractivity contribution >= 4 is 23.3 Å². The highest BCUT2D eigenvalue weighted by molar-refractivity contribution is 6.01. The number of carbonyl (C=O) groups is 3. The fraction of sp³-hybridized carbons (Fsp3) is 0.550. The van der Waals surface area contributed by atoms with Crippen LogP contribution in [-0.4, -0.2) is 55.3 Å². The lowest BCUT2D eigenvalue weighted by atomic mass is 10.0. The largest absolute Gasteiger partial charge is 0.482 e. The van der Waals surface area contributed by atoms with Crippen molar-refractivity contribution in [2.24, 2.45) is 0 Å². The van der Waals surface area contributed by atoms with Crippen molar-refractivity contribution in [1.82, 2.24) is 10.2 Å². The number of nitrogens with zero attached hydrogens (tertiary/aromatic N) is 1. The lowest BCUT2D eigenvalue weighted by Gasteiger charge is -2.18. The Bertz CT molecular complexity index is 698. The third-order valence-corrected chi connectivity index (χ3v) is 4.94. The zero-order valence-electron chi connectivity index (χ0n) is 15.6. The average Bonchev–Trinajstić information content (AvgIpc) is 3.18. The molecular weight excluding hydrogens is 346 g/mol. The highest BCUT2D eigenvalue weighted by Crippen LogP contribution is 2.28.